The molecule has 176 valence electrons. The average Bonchev–Trinajstić information content (AvgIpc) is 3.05. The van der Waals surface area contributed by atoms with Crippen LogP contribution in [0.5, 0.6) is 0 Å². The number of amides is 1. The molecule has 32 heavy (non-hydrogen) atoms. The summed E-state index contributed by atoms with van der Waals surface area (Å²) in [5.74, 6) is 1.88. The normalized spacial score (nSPS) is 44.5. The van der Waals surface area contributed by atoms with Crippen molar-refractivity contribution in [2.45, 2.75) is 103 Å². The molecule has 0 unspecified atom stereocenters. The van der Waals surface area contributed by atoms with Gasteiger partial charge in [-0.05, 0) is 87.0 Å². The fourth-order valence-electron chi connectivity index (χ4n) is 9.06. The molecule has 8 atom stereocenters. The third-order valence-electron chi connectivity index (χ3n) is 10.7. The highest BCUT2D eigenvalue weighted by atomic mass is 16.3. The summed E-state index contributed by atoms with van der Waals surface area (Å²) in [7, 11) is 0. The van der Waals surface area contributed by atoms with Gasteiger partial charge in [0.25, 0.3) is 0 Å². The van der Waals surface area contributed by atoms with E-state index in [0.29, 0.717) is 36.6 Å². The quantitative estimate of drug-likeness (QED) is 0.700. The Bertz CT molecular complexity index is 857. The highest BCUT2D eigenvalue weighted by molar-refractivity contribution is 5.78. The Balaban J connectivity index is 1.50. The van der Waals surface area contributed by atoms with Gasteiger partial charge in [0.05, 0.1) is 12.2 Å². The summed E-state index contributed by atoms with van der Waals surface area (Å²) in [6, 6.07) is 10.4. The van der Waals surface area contributed by atoms with E-state index in [9.17, 15) is 15.0 Å². The van der Waals surface area contributed by atoms with Crippen molar-refractivity contribution in [3.05, 3.63) is 35.9 Å². The summed E-state index contributed by atoms with van der Waals surface area (Å²) >= 11 is 0. The highest BCUT2D eigenvalue weighted by Gasteiger charge is 2.69. The topological polar surface area (TPSA) is 60.8 Å². The van der Waals surface area contributed by atoms with E-state index in [2.05, 4.69) is 49.9 Å². The van der Waals surface area contributed by atoms with Gasteiger partial charge in [-0.2, -0.15) is 0 Å². The van der Waals surface area contributed by atoms with Crippen LogP contribution in [0, 0.1) is 28.6 Å². The second-order valence-corrected chi connectivity index (χ2v) is 11.9. The molecule has 1 saturated heterocycles. The van der Waals surface area contributed by atoms with E-state index in [4.69, 9.17) is 0 Å². The lowest BCUT2D eigenvalue weighted by Crippen LogP contribution is -2.62. The van der Waals surface area contributed by atoms with Crippen LogP contribution in [0.2, 0.25) is 0 Å². The molecular formula is C28H41NO3. The lowest BCUT2D eigenvalue weighted by Gasteiger charge is -2.58. The maximum absolute atomic E-state index is 13.2. The minimum Gasteiger partial charge on any atom is -0.393 e. The molecule has 1 aliphatic heterocycles. The summed E-state index contributed by atoms with van der Waals surface area (Å²) < 4.78 is 0. The van der Waals surface area contributed by atoms with E-state index in [-0.39, 0.29) is 28.6 Å². The van der Waals surface area contributed by atoms with Crippen LogP contribution in [0.25, 0.3) is 0 Å². The number of piperidine rings is 1. The second kappa shape index (κ2) is 7.84. The van der Waals surface area contributed by atoms with Gasteiger partial charge in [-0.1, -0.05) is 44.2 Å². The molecule has 1 aromatic rings. The Hall–Kier alpha value is -1.39. The van der Waals surface area contributed by atoms with Crippen molar-refractivity contribution >= 4 is 5.91 Å². The number of nitrogens with zero attached hydrogens (tertiary/aromatic N) is 1. The van der Waals surface area contributed by atoms with Crippen LogP contribution in [-0.4, -0.2) is 38.8 Å². The van der Waals surface area contributed by atoms with Gasteiger partial charge in [-0.25, -0.2) is 0 Å². The van der Waals surface area contributed by atoms with Crippen molar-refractivity contribution < 1.29 is 15.0 Å². The van der Waals surface area contributed by atoms with Crippen LogP contribution < -0.4 is 0 Å². The van der Waals surface area contributed by atoms with Crippen molar-refractivity contribution in [1.82, 2.24) is 4.90 Å². The predicted molar refractivity (Wildman–Crippen MR) is 126 cm³/mol. The summed E-state index contributed by atoms with van der Waals surface area (Å²) in [6.45, 7) is 7.56. The summed E-state index contributed by atoms with van der Waals surface area (Å²) in [5, 5.41) is 22.0. The number of fused-ring (bicyclic) bond motifs is 5. The molecule has 5 rings (SSSR count). The average molecular weight is 440 g/mol. The first kappa shape index (κ1) is 22.4. The fraction of sp³-hybridized carbons (Fsp3) is 0.750. The number of aliphatic hydroxyl groups excluding tert-OH is 2. The molecule has 4 heteroatoms. The van der Waals surface area contributed by atoms with Gasteiger partial charge in [0.1, 0.15) is 0 Å². The van der Waals surface area contributed by atoms with Gasteiger partial charge < -0.3 is 15.1 Å². The molecule has 3 saturated carbocycles. The third kappa shape index (κ3) is 3.05. The lowest BCUT2D eigenvalue weighted by atomic mass is 9.51. The van der Waals surface area contributed by atoms with Crippen molar-refractivity contribution in [2.75, 3.05) is 0 Å². The molecule has 1 heterocycles. The van der Waals surface area contributed by atoms with E-state index >= 15 is 0 Å². The maximum Gasteiger partial charge on any atom is 0.223 e. The molecule has 0 bridgehead atoms. The van der Waals surface area contributed by atoms with E-state index in [1.54, 1.807) is 0 Å². The number of likely N-dealkylation sites (tertiary alicyclic amines) is 1. The molecule has 3 aliphatic carbocycles. The van der Waals surface area contributed by atoms with E-state index in [1.165, 1.54) is 5.56 Å². The van der Waals surface area contributed by atoms with Crippen molar-refractivity contribution in [3.8, 4) is 0 Å². The van der Waals surface area contributed by atoms with Crippen molar-refractivity contribution in [1.29, 1.82) is 0 Å². The van der Waals surface area contributed by atoms with Gasteiger partial charge in [0.2, 0.25) is 5.91 Å². The second-order valence-electron chi connectivity index (χ2n) is 11.9. The predicted octanol–water partition coefficient (Wildman–Crippen LogP) is 4.92. The lowest BCUT2D eigenvalue weighted by molar-refractivity contribution is -0.156. The highest BCUT2D eigenvalue weighted by Crippen LogP contribution is 2.72. The molecule has 4 nitrogen and oxygen atoms in total. The number of carbonyl (C=O) groups excluding carboxylic acids is 1. The molecule has 1 aromatic carbocycles. The SMILES string of the molecule is CC[C@@H](O)[C@@]12C[C@@H](O)CC[C@]1(C)[C@H]1CC[C@@]3(C)[C@@H](CCC(=O)N3Cc3ccccc3)[C@@H]1C2. The zero-order chi connectivity index (χ0) is 22.7. The summed E-state index contributed by atoms with van der Waals surface area (Å²) in [5.41, 5.74) is 0.982. The maximum atomic E-state index is 13.2. The molecule has 2 N–H and O–H groups in total. The monoisotopic (exact) mass is 439 g/mol. The third-order valence-corrected chi connectivity index (χ3v) is 10.7. The Morgan fingerprint density at radius 3 is 2.53 bits per heavy atom. The molecule has 1 amide bonds. The number of aliphatic hydroxyl groups is 2. The van der Waals surface area contributed by atoms with Crippen LogP contribution in [0.1, 0.15) is 84.1 Å². The van der Waals surface area contributed by atoms with Crippen LogP contribution in [-0.2, 0) is 11.3 Å². The number of carbonyl (C=O) groups is 1. The van der Waals surface area contributed by atoms with E-state index < -0.39 is 0 Å². The van der Waals surface area contributed by atoms with Gasteiger partial charge in [-0.3, -0.25) is 4.79 Å². The molecule has 4 fully saturated rings. The Morgan fingerprint density at radius 2 is 1.81 bits per heavy atom. The zero-order valence-corrected chi connectivity index (χ0v) is 20.1. The first-order valence-corrected chi connectivity index (χ1v) is 13.0. The van der Waals surface area contributed by atoms with Gasteiger partial charge >= 0.3 is 0 Å². The summed E-state index contributed by atoms with van der Waals surface area (Å²) in [4.78, 5) is 15.4. The Morgan fingerprint density at radius 1 is 1.06 bits per heavy atom. The van der Waals surface area contributed by atoms with Crippen LogP contribution in [0.4, 0.5) is 0 Å². The molecule has 0 aromatic heterocycles. The number of benzene rings is 1. The van der Waals surface area contributed by atoms with E-state index in [1.807, 2.05) is 6.07 Å². The minimum atomic E-state index is -0.357. The van der Waals surface area contributed by atoms with E-state index in [0.717, 1.165) is 51.4 Å². The van der Waals surface area contributed by atoms with Crippen molar-refractivity contribution in [3.63, 3.8) is 0 Å². The standard InChI is InChI=1S/C28H41NO3/c1-4-24(31)28-16-20(30)12-14-26(28,2)22-13-15-27(3)23(21(22)17-28)10-11-25(32)29(27)18-19-8-6-5-7-9-19/h5-9,20-24,30-31H,4,10-18H2,1-3H3/t20-,21+,22-,23-,24+,26+,27-,28-/m0/s1. The van der Waals surface area contributed by atoms with Gasteiger partial charge in [0, 0.05) is 23.9 Å². The van der Waals surface area contributed by atoms with Gasteiger partial charge in [0.15, 0.2) is 0 Å². The number of rotatable bonds is 4. The molecule has 0 spiro atoms. The number of hydrogen-bond acceptors (Lipinski definition) is 3. The smallest absolute Gasteiger partial charge is 0.223 e. The zero-order valence-electron chi connectivity index (χ0n) is 20.1. The molecule has 4 aliphatic rings. The Kier molecular flexibility index (Phi) is 5.49. The first-order valence-electron chi connectivity index (χ1n) is 13.0. The number of hydrogen-bond donors (Lipinski definition) is 2. The molecular weight excluding hydrogens is 398 g/mol. The van der Waals surface area contributed by atoms with Crippen molar-refractivity contribution in [2.24, 2.45) is 28.6 Å². The Labute approximate surface area is 193 Å². The largest absolute Gasteiger partial charge is 0.393 e. The first-order chi connectivity index (χ1) is 15.2. The fourth-order valence-corrected chi connectivity index (χ4v) is 9.06. The molecule has 0 radical (unpaired) electrons. The van der Waals surface area contributed by atoms with Crippen LogP contribution in [0.3, 0.4) is 0 Å². The van der Waals surface area contributed by atoms with Gasteiger partial charge in [-0.15, -0.1) is 0 Å². The summed E-state index contributed by atoms with van der Waals surface area (Å²) in [6.07, 6.45) is 7.51. The van der Waals surface area contributed by atoms with Crippen LogP contribution in [0.15, 0.2) is 30.3 Å². The minimum absolute atomic E-state index is 0.0827. The van der Waals surface area contributed by atoms with Crippen LogP contribution >= 0.6 is 0 Å².